The molecule has 18 heavy (non-hydrogen) atoms. The normalized spacial score (nSPS) is 12.2. The van der Waals surface area contributed by atoms with E-state index < -0.39 is 0 Å². The van der Waals surface area contributed by atoms with E-state index in [0.29, 0.717) is 11.5 Å². The van der Waals surface area contributed by atoms with Crippen LogP contribution in [0.5, 0.6) is 11.5 Å². The molecule has 0 aliphatic carbocycles. The monoisotopic (exact) mass is 266 g/mol. The number of hydrogen-bond acceptors (Lipinski definition) is 3. The van der Waals surface area contributed by atoms with Crippen LogP contribution < -0.4 is 9.47 Å². The quantitative estimate of drug-likeness (QED) is 0.786. The van der Waals surface area contributed by atoms with Gasteiger partial charge in [-0.1, -0.05) is 0 Å². The van der Waals surface area contributed by atoms with Gasteiger partial charge in [-0.3, -0.25) is 0 Å². The number of ether oxygens (including phenoxy) is 2. The molecular formula is C14H15ClO3. The topological polar surface area (TPSA) is 31.6 Å². The van der Waals surface area contributed by atoms with Crippen LogP contribution in [0.15, 0.2) is 35.1 Å². The average molecular weight is 267 g/mol. The molecule has 1 aromatic heterocycles. The predicted molar refractivity (Wildman–Crippen MR) is 70.7 cm³/mol. The lowest BCUT2D eigenvalue weighted by Gasteiger charge is -2.15. The van der Waals surface area contributed by atoms with E-state index in [1.807, 2.05) is 25.1 Å². The Morgan fingerprint density at radius 1 is 1.17 bits per heavy atom. The average Bonchev–Trinajstić information content (AvgIpc) is 2.91. The molecule has 4 heteroatoms. The summed E-state index contributed by atoms with van der Waals surface area (Å²) in [7, 11) is 3.23. The Kier molecular flexibility index (Phi) is 3.82. The van der Waals surface area contributed by atoms with Crippen LogP contribution in [0, 0.1) is 6.92 Å². The van der Waals surface area contributed by atoms with E-state index in [4.69, 9.17) is 25.5 Å². The zero-order valence-corrected chi connectivity index (χ0v) is 11.3. The van der Waals surface area contributed by atoms with Crippen LogP contribution in [0.25, 0.3) is 0 Å². The van der Waals surface area contributed by atoms with Gasteiger partial charge in [0, 0.05) is 5.56 Å². The van der Waals surface area contributed by atoms with Gasteiger partial charge in [-0.05, 0) is 36.2 Å². The second kappa shape index (κ2) is 5.36. The molecule has 0 amide bonds. The van der Waals surface area contributed by atoms with E-state index in [2.05, 4.69) is 0 Å². The van der Waals surface area contributed by atoms with Crippen LogP contribution in [0.2, 0.25) is 0 Å². The Bertz CT molecular complexity index is 520. The molecule has 0 N–H and O–H groups in total. The van der Waals surface area contributed by atoms with Gasteiger partial charge in [0.15, 0.2) is 11.5 Å². The first kappa shape index (κ1) is 12.8. The lowest BCUT2D eigenvalue weighted by molar-refractivity contribution is 0.354. The number of rotatable bonds is 4. The predicted octanol–water partition coefficient (Wildman–Crippen LogP) is 3.93. The molecule has 0 spiro atoms. The van der Waals surface area contributed by atoms with Gasteiger partial charge in [-0.15, -0.1) is 11.6 Å². The summed E-state index contributed by atoms with van der Waals surface area (Å²) in [6, 6.07) is 5.68. The summed E-state index contributed by atoms with van der Waals surface area (Å²) >= 11 is 6.45. The minimum absolute atomic E-state index is 0.261. The number of alkyl halides is 1. The van der Waals surface area contributed by atoms with Gasteiger partial charge in [0.25, 0.3) is 0 Å². The standard InChI is InChI=1S/C14H15ClO3/c1-9-6-12(16-2)13(17-3)7-11(9)14(15)10-4-5-18-8-10/h4-8,14H,1-3H3. The van der Waals surface area contributed by atoms with Crippen molar-refractivity contribution >= 4 is 11.6 Å². The lowest BCUT2D eigenvalue weighted by atomic mass is 10.0. The van der Waals surface area contributed by atoms with Crippen molar-refractivity contribution in [3.8, 4) is 11.5 Å². The van der Waals surface area contributed by atoms with Crippen LogP contribution in [0.3, 0.4) is 0 Å². The number of furan rings is 1. The summed E-state index contributed by atoms with van der Waals surface area (Å²) in [4.78, 5) is 0. The molecule has 0 radical (unpaired) electrons. The first-order valence-electron chi connectivity index (χ1n) is 5.56. The Morgan fingerprint density at radius 3 is 2.39 bits per heavy atom. The van der Waals surface area contributed by atoms with Crippen molar-refractivity contribution in [1.29, 1.82) is 0 Å². The van der Waals surface area contributed by atoms with E-state index in [0.717, 1.165) is 16.7 Å². The molecule has 0 fully saturated rings. The highest BCUT2D eigenvalue weighted by molar-refractivity contribution is 6.22. The smallest absolute Gasteiger partial charge is 0.161 e. The van der Waals surface area contributed by atoms with E-state index in [9.17, 15) is 0 Å². The van der Waals surface area contributed by atoms with Gasteiger partial charge in [-0.25, -0.2) is 0 Å². The van der Waals surface area contributed by atoms with Crippen molar-refractivity contribution in [3.05, 3.63) is 47.4 Å². The first-order chi connectivity index (χ1) is 8.67. The number of halogens is 1. The fourth-order valence-corrected chi connectivity index (χ4v) is 2.23. The van der Waals surface area contributed by atoms with Gasteiger partial charge in [0.05, 0.1) is 32.1 Å². The molecule has 0 aliphatic heterocycles. The van der Waals surface area contributed by atoms with Crippen molar-refractivity contribution in [2.24, 2.45) is 0 Å². The number of aryl methyl sites for hydroxylation is 1. The summed E-state index contributed by atoms with van der Waals surface area (Å²) in [5.74, 6) is 1.38. The third kappa shape index (κ3) is 2.31. The van der Waals surface area contributed by atoms with Crippen LogP contribution in [-0.4, -0.2) is 14.2 Å². The maximum atomic E-state index is 6.45. The second-order valence-electron chi connectivity index (χ2n) is 3.98. The van der Waals surface area contributed by atoms with E-state index in [1.54, 1.807) is 26.7 Å². The van der Waals surface area contributed by atoms with Crippen LogP contribution in [-0.2, 0) is 0 Å². The fourth-order valence-electron chi connectivity index (χ4n) is 1.87. The lowest BCUT2D eigenvalue weighted by Crippen LogP contribution is -1.98. The first-order valence-corrected chi connectivity index (χ1v) is 5.99. The molecule has 0 saturated heterocycles. The molecule has 1 unspecified atom stereocenters. The highest BCUT2D eigenvalue weighted by Crippen LogP contribution is 2.37. The summed E-state index contributed by atoms with van der Waals surface area (Å²) in [6.45, 7) is 1.99. The Hall–Kier alpha value is -1.61. The van der Waals surface area contributed by atoms with E-state index in [-0.39, 0.29) is 5.38 Å². The molecule has 0 saturated carbocycles. The minimum atomic E-state index is -0.261. The molecule has 1 heterocycles. The van der Waals surface area contributed by atoms with Gasteiger partial charge in [0.2, 0.25) is 0 Å². The Balaban J connectivity index is 2.45. The molecule has 1 atom stereocenters. The fraction of sp³-hybridized carbons (Fsp3) is 0.286. The molecule has 0 bridgehead atoms. The van der Waals surface area contributed by atoms with Gasteiger partial charge >= 0.3 is 0 Å². The maximum Gasteiger partial charge on any atom is 0.161 e. The van der Waals surface area contributed by atoms with E-state index >= 15 is 0 Å². The SMILES string of the molecule is COc1cc(C)c(C(Cl)c2ccoc2)cc1OC. The highest BCUT2D eigenvalue weighted by atomic mass is 35.5. The zero-order chi connectivity index (χ0) is 13.1. The summed E-state index contributed by atoms with van der Waals surface area (Å²) in [6.07, 6.45) is 3.26. The summed E-state index contributed by atoms with van der Waals surface area (Å²) < 4.78 is 15.6. The summed E-state index contributed by atoms with van der Waals surface area (Å²) in [5, 5.41) is -0.261. The molecule has 3 nitrogen and oxygen atoms in total. The summed E-state index contributed by atoms with van der Waals surface area (Å²) in [5.41, 5.74) is 2.96. The number of benzene rings is 1. The van der Waals surface area contributed by atoms with Crippen molar-refractivity contribution in [2.75, 3.05) is 14.2 Å². The maximum absolute atomic E-state index is 6.45. The minimum Gasteiger partial charge on any atom is -0.493 e. The van der Waals surface area contributed by atoms with Gasteiger partial charge < -0.3 is 13.9 Å². The van der Waals surface area contributed by atoms with E-state index in [1.165, 1.54) is 0 Å². The van der Waals surface area contributed by atoms with Crippen molar-refractivity contribution in [2.45, 2.75) is 12.3 Å². The van der Waals surface area contributed by atoms with Crippen molar-refractivity contribution < 1.29 is 13.9 Å². The van der Waals surface area contributed by atoms with Crippen molar-refractivity contribution in [3.63, 3.8) is 0 Å². The molecule has 96 valence electrons. The van der Waals surface area contributed by atoms with Crippen LogP contribution >= 0.6 is 11.6 Å². The molecule has 0 aliphatic rings. The van der Waals surface area contributed by atoms with Gasteiger partial charge in [0.1, 0.15) is 0 Å². The molecule has 2 aromatic rings. The van der Waals surface area contributed by atoms with Crippen molar-refractivity contribution in [1.82, 2.24) is 0 Å². The number of methoxy groups -OCH3 is 2. The Morgan fingerprint density at radius 2 is 1.83 bits per heavy atom. The molecule has 1 aromatic carbocycles. The van der Waals surface area contributed by atoms with Crippen LogP contribution in [0.1, 0.15) is 22.1 Å². The largest absolute Gasteiger partial charge is 0.493 e. The molecular weight excluding hydrogens is 252 g/mol. The van der Waals surface area contributed by atoms with Crippen LogP contribution in [0.4, 0.5) is 0 Å². The zero-order valence-electron chi connectivity index (χ0n) is 10.6. The highest BCUT2D eigenvalue weighted by Gasteiger charge is 2.17. The Labute approximate surface area is 111 Å². The second-order valence-corrected chi connectivity index (χ2v) is 4.42. The number of hydrogen-bond donors (Lipinski definition) is 0. The molecule has 2 rings (SSSR count). The third-order valence-corrected chi connectivity index (χ3v) is 3.37. The third-order valence-electron chi connectivity index (χ3n) is 2.88. The van der Waals surface area contributed by atoms with Gasteiger partial charge in [-0.2, -0.15) is 0 Å².